The second-order valence-electron chi connectivity index (χ2n) is 6.63. The van der Waals surface area contributed by atoms with Crippen LogP contribution >= 0.6 is 11.3 Å². The molecule has 0 aliphatic carbocycles. The number of carbonyl (C=O) groups excluding carboxylic acids is 1. The SMILES string of the molecule is O=C1COc2ccc(S(=O)(=O)Nc3ccccc3-c3nc4ccccc4s3)cc2N1. The van der Waals surface area contributed by atoms with Crippen LogP contribution in [0.4, 0.5) is 11.4 Å². The molecule has 0 fully saturated rings. The van der Waals surface area contributed by atoms with Crippen LogP contribution in [0.2, 0.25) is 0 Å². The number of ether oxygens (including phenoxy) is 1. The Hall–Kier alpha value is -3.43. The summed E-state index contributed by atoms with van der Waals surface area (Å²) in [4.78, 5) is 16.2. The van der Waals surface area contributed by atoms with E-state index in [-0.39, 0.29) is 17.4 Å². The number of benzene rings is 3. The molecule has 1 amide bonds. The molecule has 5 rings (SSSR count). The van der Waals surface area contributed by atoms with Crippen molar-refractivity contribution >= 4 is 48.9 Å². The lowest BCUT2D eigenvalue weighted by Gasteiger charge is -2.19. The molecular weight excluding hydrogens is 422 g/mol. The number of hydrogen-bond donors (Lipinski definition) is 2. The first-order valence-corrected chi connectivity index (χ1v) is 11.3. The van der Waals surface area contributed by atoms with Crippen molar-refractivity contribution < 1.29 is 17.9 Å². The topological polar surface area (TPSA) is 97.4 Å². The maximum Gasteiger partial charge on any atom is 0.262 e. The molecule has 0 bridgehead atoms. The van der Waals surface area contributed by atoms with E-state index in [1.54, 1.807) is 12.1 Å². The molecular formula is C21H15N3O4S2. The predicted molar refractivity (Wildman–Crippen MR) is 116 cm³/mol. The zero-order valence-electron chi connectivity index (χ0n) is 15.5. The number of nitrogens with zero attached hydrogens (tertiary/aromatic N) is 1. The second kappa shape index (κ2) is 7.12. The second-order valence-corrected chi connectivity index (χ2v) is 9.35. The van der Waals surface area contributed by atoms with Gasteiger partial charge in [0.2, 0.25) is 0 Å². The number of aromatic nitrogens is 1. The first-order valence-electron chi connectivity index (χ1n) is 9.04. The number of anilines is 2. The van der Waals surface area contributed by atoms with Crippen LogP contribution in [0.1, 0.15) is 0 Å². The summed E-state index contributed by atoms with van der Waals surface area (Å²) in [6.07, 6.45) is 0. The van der Waals surface area contributed by atoms with E-state index in [0.29, 0.717) is 22.7 Å². The third-order valence-electron chi connectivity index (χ3n) is 4.59. The van der Waals surface area contributed by atoms with Crippen molar-refractivity contribution in [3.63, 3.8) is 0 Å². The zero-order valence-corrected chi connectivity index (χ0v) is 17.1. The molecule has 4 aromatic rings. The van der Waals surface area contributed by atoms with Gasteiger partial charge in [-0.3, -0.25) is 9.52 Å². The van der Waals surface area contributed by atoms with E-state index in [2.05, 4.69) is 15.0 Å². The summed E-state index contributed by atoms with van der Waals surface area (Å²) in [7, 11) is -3.90. The van der Waals surface area contributed by atoms with Crippen LogP contribution in [-0.4, -0.2) is 25.9 Å². The summed E-state index contributed by atoms with van der Waals surface area (Å²) < 4.78 is 35.1. The van der Waals surface area contributed by atoms with E-state index in [0.717, 1.165) is 15.2 Å². The van der Waals surface area contributed by atoms with E-state index >= 15 is 0 Å². The molecule has 3 aromatic carbocycles. The normalized spacial score (nSPS) is 13.4. The quantitative estimate of drug-likeness (QED) is 0.501. The van der Waals surface area contributed by atoms with Crippen molar-refractivity contribution in [1.29, 1.82) is 0 Å². The van der Waals surface area contributed by atoms with Gasteiger partial charge in [0.05, 0.1) is 26.5 Å². The number of nitrogens with one attached hydrogen (secondary N) is 2. The molecule has 1 aliphatic rings. The molecule has 0 atom stereocenters. The highest BCUT2D eigenvalue weighted by molar-refractivity contribution is 7.92. The maximum atomic E-state index is 13.0. The minimum atomic E-state index is -3.90. The number of thiazole rings is 1. The Balaban J connectivity index is 1.52. The first-order chi connectivity index (χ1) is 14.5. The summed E-state index contributed by atoms with van der Waals surface area (Å²) in [5.74, 6) is 0.106. The van der Waals surface area contributed by atoms with Gasteiger partial charge in [-0.1, -0.05) is 24.3 Å². The lowest BCUT2D eigenvalue weighted by Crippen LogP contribution is -2.25. The van der Waals surface area contributed by atoms with Crippen LogP contribution in [0, 0.1) is 0 Å². The Labute approximate surface area is 176 Å². The molecule has 9 heteroatoms. The summed E-state index contributed by atoms with van der Waals surface area (Å²) in [5.41, 5.74) is 2.31. The highest BCUT2D eigenvalue weighted by Gasteiger charge is 2.22. The van der Waals surface area contributed by atoms with E-state index in [1.807, 2.05) is 36.4 Å². The predicted octanol–water partition coefficient (Wildman–Crippen LogP) is 4.10. The molecule has 2 heterocycles. The molecule has 0 unspecified atom stereocenters. The van der Waals surface area contributed by atoms with E-state index in [1.165, 1.54) is 29.5 Å². The molecule has 0 spiro atoms. The molecule has 7 nitrogen and oxygen atoms in total. The minimum absolute atomic E-state index is 0.0196. The van der Waals surface area contributed by atoms with Crippen LogP contribution in [-0.2, 0) is 14.8 Å². The zero-order chi connectivity index (χ0) is 20.7. The van der Waals surface area contributed by atoms with Gasteiger partial charge in [0.1, 0.15) is 10.8 Å². The molecule has 2 N–H and O–H groups in total. The van der Waals surface area contributed by atoms with Gasteiger partial charge >= 0.3 is 0 Å². The fourth-order valence-electron chi connectivity index (χ4n) is 3.18. The van der Waals surface area contributed by atoms with Crippen molar-refractivity contribution in [2.45, 2.75) is 4.90 Å². The molecule has 0 saturated carbocycles. The van der Waals surface area contributed by atoms with Crippen molar-refractivity contribution in [1.82, 2.24) is 4.98 Å². The van der Waals surface area contributed by atoms with Crippen LogP contribution in [0.15, 0.2) is 71.6 Å². The van der Waals surface area contributed by atoms with Gasteiger partial charge in [-0.15, -0.1) is 11.3 Å². The van der Waals surface area contributed by atoms with Crippen molar-refractivity contribution in [3.05, 3.63) is 66.7 Å². The average molecular weight is 438 g/mol. The van der Waals surface area contributed by atoms with Crippen molar-refractivity contribution in [2.75, 3.05) is 16.6 Å². The number of fused-ring (bicyclic) bond motifs is 2. The van der Waals surface area contributed by atoms with Gasteiger partial charge in [-0.2, -0.15) is 0 Å². The van der Waals surface area contributed by atoms with Gasteiger partial charge in [0, 0.05) is 5.56 Å². The Morgan fingerprint density at radius 2 is 1.83 bits per heavy atom. The van der Waals surface area contributed by atoms with Crippen molar-refractivity contribution in [2.24, 2.45) is 0 Å². The molecule has 1 aromatic heterocycles. The van der Waals surface area contributed by atoms with Crippen LogP contribution in [0.3, 0.4) is 0 Å². The maximum absolute atomic E-state index is 13.0. The molecule has 0 saturated heterocycles. The molecule has 1 aliphatic heterocycles. The summed E-state index contributed by atoms with van der Waals surface area (Å²) in [6, 6.07) is 19.2. The fourth-order valence-corrected chi connectivity index (χ4v) is 5.29. The Kier molecular flexibility index (Phi) is 4.41. The van der Waals surface area contributed by atoms with E-state index in [9.17, 15) is 13.2 Å². The summed E-state index contributed by atoms with van der Waals surface area (Å²) >= 11 is 1.50. The van der Waals surface area contributed by atoms with Crippen molar-refractivity contribution in [3.8, 4) is 16.3 Å². The van der Waals surface area contributed by atoms with Gasteiger partial charge in [0.25, 0.3) is 15.9 Å². The Bertz CT molecular complexity index is 1360. The number of amides is 1. The highest BCUT2D eigenvalue weighted by Crippen LogP contribution is 2.36. The summed E-state index contributed by atoms with van der Waals surface area (Å²) in [6.45, 7) is -0.0904. The third kappa shape index (κ3) is 3.38. The van der Waals surface area contributed by atoms with E-state index < -0.39 is 10.0 Å². The average Bonchev–Trinajstić information content (AvgIpc) is 3.17. The number of sulfonamides is 1. The monoisotopic (exact) mass is 437 g/mol. The molecule has 30 heavy (non-hydrogen) atoms. The fraction of sp³-hybridized carbons (Fsp3) is 0.0476. The lowest BCUT2D eigenvalue weighted by atomic mass is 10.2. The smallest absolute Gasteiger partial charge is 0.262 e. The Morgan fingerprint density at radius 3 is 2.70 bits per heavy atom. The van der Waals surface area contributed by atoms with Crippen LogP contribution in [0.5, 0.6) is 5.75 Å². The first kappa shape index (κ1) is 18.6. The minimum Gasteiger partial charge on any atom is -0.482 e. The number of hydrogen-bond acceptors (Lipinski definition) is 6. The number of para-hydroxylation sites is 2. The Morgan fingerprint density at radius 1 is 1.03 bits per heavy atom. The van der Waals surface area contributed by atoms with Gasteiger partial charge in [0.15, 0.2) is 6.61 Å². The largest absolute Gasteiger partial charge is 0.482 e. The van der Waals surface area contributed by atoms with Crippen LogP contribution < -0.4 is 14.8 Å². The molecule has 0 radical (unpaired) electrons. The molecule has 150 valence electrons. The lowest BCUT2D eigenvalue weighted by molar-refractivity contribution is -0.118. The number of carbonyl (C=O) groups is 1. The van der Waals surface area contributed by atoms with Gasteiger partial charge in [-0.25, -0.2) is 13.4 Å². The van der Waals surface area contributed by atoms with Crippen LogP contribution in [0.25, 0.3) is 20.8 Å². The highest BCUT2D eigenvalue weighted by atomic mass is 32.2. The van der Waals surface area contributed by atoms with Gasteiger partial charge < -0.3 is 10.1 Å². The third-order valence-corrected chi connectivity index (χ3v) is 7.02. The standard InChI is InChI=1S/C21H15N3O4S2/c25-20-12-28-18-10-9-13(11-17(18)22-20)30(26,27)24-15-6-2-1-5-14(15)21-23-16-7-3-4-8-19(16)29-21/h1-11,24H,12H2,(H,22,25). The summed E-state index contributed by atoms with van der Waals surface area (Å²) in [5, 5.41) is 3.35. The van der Waals surface area contributed by atoms with E-state index in [4.69, 9.17) is 4.74 Å². The number of rotatable bonds is 4. The van der Waals surface area contributed by atoms with Gasteiger partial charge in [-0.05, 0) is 42.5 Å².